The fourth-order valence-electron chi connectivity index (χ4n) is 1.84. The molecule has 0 amide bonds. The van der Waals surface area contributed by atoms with E-state index in [4.69, 9.17) is 23.8 Å². The number of nitrogens with zero attached hydrogens (tertiary/aromatic N) is 2. The van der Waals surface area contributed by atoms with Gasteiger partial charge in [-0.1, -0.05) is 29.8 Å². The van der Waals surface area contributed by atoms with E-state index in [1.54, 1.807) is 11.6 Å². The summed E-state index contributed by atoms with van der Waals surface area (Å²) in [5, 5.41) is 13.9. The maximum Gasteiger partial charge on any atom is 0.215 e. The maximum absolute atomic E-state index is 10.4. The van der Waals surface area contributed by atoms with Crippen molar-refractivity contribution < 1.29 is 5.11 Å². The Morgan fingerprint density at radius 2 is 2.22 bits per heavy atom. The van der Waals surface area contributed by atoms with E-state index in [9.17, 15) is 5.11 Å². The van der Waals surface area contributed by atoms with Gasteiger partial charge in [0.1, 0.15) is 6.33 Å². The molecule has 1 atom stereocenters. The van der Waals surface area contributed by atoms with Crippen LogP contribution in [0.15, 0.2) is 30.6 Å². The Kier molecular flexibility index (Phi) is 3.85. The number of aromatic amines is 1. The number of benzene rings is 1. The predicted molar refractivity (Wildman–Crippen MR) is 73.2 cm³/mol. The number of halogens is 1. The zero-order chi connectivity index (χ0) is 13.2. The summed E-state index contributed by atoms with van der Waals surface area (Å²) in [6.07, 6.45) is 1.96. The standard InChI is InChI=1S/C12H14ClN3OS/c1-12(17,7-16-11(18)14-8-15-16)6-9-4-2-3-5-10(9)13/h2-5,8,17H,6-7H2,1H3,(H,14,15,18). The van der Waals surface area contributed by atoms with Gasteiger partial charge >= 0.3 is 0 Å². The maximum atomic E-state index is 10.4. The number of H-pyrrole nitrogens is 1. The Hall–Kier alpha value is -1.17. The van der Waals surface area contributed by atoms with Crippen LogP contribution in [0.1, 0.15) is 12.5 Å². The predicted octanol–water partition coefficient (Wildman–Crippen LogP) is 2.59. The van der Waals surface area contributed by atoms with Gasteiger partial charge < -0.3 is 5.11 Å². The van der Waals surface area contributed by atoms with Crippen molar-refractivity contribution in [2.75, 3.05) is 0 Å². The fraction of sp³-hybridized carbons (Fsp3) is 0.333. The molecule has 2 aromatic rings. The van der Waals surface area contributed by atoms with Gasteiger partial charge in [-0.15, -0.1) is 0 Å². The van der Waals surface area contributed by atoms with Crippen LogP contribution in [0.5, 0.6) is 0 Å². The zero-order valence-electron chi connectivity index (χ0n) is 9.93. The Labute approximate surface area is 115 Å². The second-order valence-corrected chi connectivity index (χ2v) is 5.29. The molecule has 1 aromatic carbocycles. The molecule has 0 aliphatic rings. The van der Waals surface area contributed by atoms with Gasteiger partial charge in [0.05, 0.1) is 12.1 Å². The lowest BCUT2D eigenvalue weighted by Gasteiger charge is -2.23. The molecular weight excluding hydrogens is 270 g/mol. The molecule has 96 valence electrons. The quantitative estimate of drug-likeness (QED) is 0.848. The summed E-state index contributed by atoms with van der Waals surface area (Å²) in [7, 11) is 0. The highest BCUT2D eigenvalue weighted by atomic mass is 35.5. The Morgan fingerprint density at radius 1 is 1.50 bits per heavy atom. The van der Waals surface area contributed by atoms with Gasteiger partial charge in [-0.25, -0.2) is 4.98 Å². The average molecular weight is 284 g/mol. The van der Waals surface area contributed by atoms with E-state index in [1.165, 1.54) is 6.33 Å². The summed E-state index contributed by atoms with van der Waals surface area (Å²) < 4.78 is 2.06. The van der Waals surface area contributed by atoms with Gasteiger partial charge in [0.15, 0.2) is 0 Å². The van der Waals surface area contributed by atoms with Crippen LogP contribution in [0.3, 0.4) is 0 Å². The van der Waals surface area contributed by atoms with Crippen LogP contribution in [-0.4, -0.2) is 25.5 Å². The van der Waals surface area contributed by atoms with Gasteiger partial charge in [-0.05, 0) is 30.8 Å². The molecule has 0 spiro atoms. The lowest BCUT2D eigenvalue weighted by molar-refractivity contribution is 0.0381. The first-order chi connectivity index (χ1) is 8.48. The van der Waals surface area contributed by atoms with Crippen molar-refractivity contribution in [2.45, 2.75) is 25.5 Å². The second-order valence-electron chi connectivity index (χ2n) is 4.52. The van der Waals surface area contributed by atoms with Crippen molar-refractivity contribution in [3.05, 3.63) is 45.9 Å². The summed E-state index contributed by atoms with van der Waals surface area (Å²) in [4.78, 5) is 3.91. The van der Waals surface area contributed by atoms with Gasteiger partial charge in [0, 0.05) is 11.4 Å². The molecule has 0 saturated heterocycles. The van der Waals surface area contributed by atoms with Crippen LogP contribution in [0.4, 0.5) is 0 Å². The van der Waals surface area contributed by atoms with E-state index in [-0.39, 0.29) is 0 Å². The highest BCUT2D eigenvalue weighted by Crippen LogP contribution is 2.21. The van der Waals surface area contributed by atoms with E-state index >= 15 is 0 Å². The first-order valence-corrected chi connectivity index (χ1v) is 6.32. The van der Waals surface area contributed by atoms with Crippen LogP contribution < -0.4 is 0 Å². The molecule has 18 heavy (non-hydrogen) atoms. The van der Waals surface area contributed by atoms with E-state index in [0.717, 1.165) is 5.56 Å². The summed E-state index contributed by atoms with van der Waals surface area (Å²) in [6.45, 7) is 2.09. The lowest BCUT2D eigenvalue weighted by Crippen LogP contribution is -2.33. The Bertz CT molecular complexity index is 591. The third-order valence-corrected chi connectivity index (χ3v) is 3.34. The van der Waals surface area contributed by atoms with Gasteiger partial charge in [-0.3, -0.25) is 9.78 Å². The molecule has 0 bridgehead atoms. The van der Waals surface area contributed by atoms with Crippen LogP contribution >= 0.6 is 23.8 Å². The van der Waals surface area contributed by atoms with Crippen LogP contribution in [0, 0.1) is 4.77 Å². The zero-order valence-corrected chi connectivity index (χ0v) is 11.5. The van der Waals surface area contributed by atoms with E-state index < -0.39 is 5.60 Å². The second kappa shape index (κ2) is 5.22. The lowest BCUT2D eigenvalue weighted by atomic mass is 9.96. The highest BCUT2D eigenvalue weighted by Gasteiger charge is 2.23. The normalized spacial score (nSPS) is 14.4. The summed E-state index contributed by atoms with van der Waals surface area (Å²) in [5.74, 6) is 0. The van der Waals surface area contributed by atoms with Crippen molar-refractivity contribution in [1.82, 2.24) is 14.8 Å². The molecule has 4 nitrogen and oxygen atoms in total. The van der Waals surface area contributed by atoms with Gasteiger partial charge in [0.2, 0.25) is 4.77 Å². The van der Waals surface area contributed by atoms with Crippen LogP contribution in [0.2, 0.25) is 5.02 Å². The topological polar surface area (TPSA) is 53.8 Å². The number of aromatic nitrogens is 3. The van der Waals surface area contributed by atoms with Gasteiger partial charge in [0.25, 0.3) is 0 Å². The molecular formula is C12H14ClN3OS. The molecule has 0 aliphatic heterocycles. The number of aliphatic hydroxyl groups is 1. The average Bonchev–Trinajstić information content (AvgIpc) is 2.67. The van der Waals surface area contributed by atoms with E-state index in [0.29, 0.717) is 22.8 Å². The first-order valence-electron chi connectivity index (χ1n) is 5.54. The molecule has 0 radical (unpaired) electrons. The monoisotopic (exact) mass is 283 g/mol. The SMILES string of the molecule is CC(O)(Cc1ccccc1Cl)Cn1[nH]cnc1=S. The summed E-state index contributed by atoms with van der Waals surface area (Å²) in [6, 6.07) is 7.49. The van der Waals surface area contributed by atoms with Crippen molar-refractivity contribution in [1.29, 1.82) is 0 Å². The van der Waals surface area contributed by atoms with Crippen molar-refractivity contribution in [3.8, 4) is 0 Å². The third kappa shape index (κ3) is 3.19. The molecule has 1 unspecified atom stereocenters. The van der Waals surface area contributed by atoms with Crippen LogP contribution in [0.25, 0.3) is 0 Å². The molecule has 2 N–H and O–H groups in total. The summed E-state index contributed by atoms with van der Waals surface area (Å²) >= 11 is 11.1. The molecule has 1 heterocycles. The minimum atomic E-state index is -0.949. The first kappa shape index (κ1) is 13.3. The van der Waals surface area contributed by atoms with Crippen LogP contribution in [-0.2, 0) is 13.0 Å². The highest BCUT2D eigenvalue weighted by molar-refractivity contribution is 7.71. The van der Waals surface area contributed by atoms with Crippen molar-refractivity contribution in [2.24, 2.45) is 0 Å². The molecule has 1 aromatic heterocycles. The fourth-order valence-corrected chi connectivity index (χ4v) is 2.21. The van der Waals surface area contributed by atoms with Crippen molar-refractivity contribution >= 4 is 23.8 Å². The molecule has 0 fully saturated rings. The Morgan fingerprint density at radius 3 is 2.83 bits per heavy atom. The largest absolute Gasteiger partial charge is 0.388 e. The minimum absolute atomic E-state index is 0.344. The van der Waals surface area contributed by atoms with E-state index in [1.807, 2.05) is 24.3 Å². The molecule has 2 rings (SSSR count). The molecule has 0 saturated carbocycles. The summed E-state index contributed by atoms with van der Waals surface area (Å²) in [5.41, 5.74) is -0.0364. The number of hydrogen-bond donors (Lipinski definition) is 2. The smallest absolute Gasteiger partial charge is 0.215 e. The molecule has 0 aliphatic carbocycles. The third-order valence-electron chi connectivity index (χ3n) is 2.65. The van der Waals surface area contributed by atoms with E-state index in [2.05, 4.69) is 10.1 Å². The van der Waals surface area contributed by atoms with Gasteiger partial charge in [-0.2, -0.15) is 0 Å². The van der Waals surface area contributed by atoms with Crippen molar-refractivity contribution in [3.63, 3.8) is 0 Å². The number of rotatable bonds is 4. The molecule has 6 heteroatoms. The minimum Gasteiger partial charge on any atom is -0.388 e. The Balaban J connectivity index is 2.15. The number of hydrogen-bond acceptors (Lipinski definition) is 3. The number of nitrogens with one attached hydrogen (secondary N) is 1.